The zero-order chi connectivity index (χ0) is 13.3. The van der Waals surface area contributed by atoms with Crippen LogP contribution >= 0.6 is 0 Å². The molecule has 2 N–H and O–H groups in total. The molecule has 2 heterocycles. The number of aromatic nitrogens is 1. The predicted molar refractivity (Wildman–Crippen MR) is 70.6 cm³/mol. The Bertz CT molecular complexity index is 471. The number of methoxy groups -OCH3 is 1. The first-order valence-corrected chi connectivity index (χ1v) is 6.07. The lowest BCUT2D eigenvalue weighted by Gasteiger charge is -2.32. The molecule has 0 bridgehead atoms. The summed E-state index contributed by atoms with van der Waals surface area (Å²) in [4.78, 5) is 18.1. The van der Waals surface area contributed by atoms with Crippen LogP contribution < -0.4 is 10.6 Å². The Morgan fingerprint density at radius 3 is 2.83 bits per heavy atom. The number of esters is 1. The molecule has 1 aromatic rings. The summed E-state index contributed by atoms with van der Waals surface area (Å²) in [5, 5.41) is 0. The van der Waals surface area contributed by atoms with Crippen molar-refractivity contribution < 1.29 is 9.53 Å². The van der Waals surface area contributed by atoms with Crippen LogP contribution in [0.3, 0.4) is 0 Å². The number of hydrogen-bond acceptors (Lipinski definition) is 5. The van der Waals surface area contributed by atoms with Gasteiger partial charge in [-0.15, -0.1) is 0 Å². The minimum Gasteiger partial charge on any atom is -0.465 e. The first-order valence-electron chi connectivity index (χ1n) is 6.07. The highest BCUT2D eigenvalue weighted by molar-refractivity contribution is 5.95. The molecule has 1 aliphatic heterocycles. The van der Waals surface area contributed by atoms with E-state index in [4.69, 9.17) is 10.5 Å². The third kappa shape index (κ3) is 2.12. The average Bonchev–Trinajstić information content (AvgIpc) is 2.69. The highest BCUT2D eigenvalue weighted by atomic mass is 16.5. The van der Waals surface area contributed by atoms with Crippen molar-refractivity contribution in [3.05, 3.63) is 17.8 Å². The van der Waals surface area contributed by atoms with Gasteiger partial charge in [-0.25, -0.2) is 9.78 Å². The number of carbonyl (C=O) groups is 1. The summed E-state index contributed by atoms with van der Waals surface area (Å²) >= 11 is 0. The van der Waals surface area contributed by atoms with Gasteiger partial charge in [-0.2, -0.15) is 0 Å². The SMILES string of the molecule is COC(=O)c1cc(N2CCCC2(C)C)ncc1N. The first kappa shape index (κ1) is 12.7. The van der Waals surface area contributed by atoms with Gasteiger partial charge in [-0.05, 0) is 32.8 Å². The third-order valence-corrected chi connectivity index (χ3v) is 3.50. The zero-order valence-corrected chi connectivity index (χ0v) is 11.1. The fraction of sp³-hybridized carbons (Fsp3) is 0.538. The molecule has 0 aromatic carbocycles. The Hall–Kier alpha value is -1.78. The molecule has 0 radical (unpaired) electrons. The van der Waals surface area contributed by atoms with Crippen molar-refractivity contribution in [2.45, 2.75) is 32.2 Å². The molecule has 0 aliphatic carbocycles. The lowest BCUT2D eigenvalue weighted by atomic mass is 10.0. The molecule has 0 saturated carbocycles. The van der Waals surface area contributed by atoms with E-state index in [2.05, 4.69) is 23.7 Å². The minimum atomic E-state index is -0.423. The zero-order valence-electron chi connectivity index (χ0n) is 11.1. The van der Waals surface area contributed by atoms with Crippen LogP contribution in [-0.2, 0) is 4.74 Å². The van der Waals surface area contributed by atoms with E-state index in [1.165, 1.54) is 13.3 Å². The number of hydrogen-bond donors (Lipinski definition) is 1. The van der Waals surface area contributed by atoms with E-state index in [0.717, 1.165) is 25.2 Å². The Morgan fingerprint density at radius 2 is 2.28 bits per heavy atom. The van der Waals surface area contributed by atoms with Gasteiger partial charge in [0, 0.05) is 12.1 Å². The largest absolute Gasteiger partial charge is 0.465 e. The Kier molecular flexibility index (Phi) is 3.15. The molecule has 1 saturated heterocycles. The molecule has 0 atom stereocenters. The number of nitrogens with zero attached hydrogens (tertiary/aromatic N) is 2. The van der Waals surface area contributed by atoms with E-state index >= 15 is 0 Å². The monoisotopic (exact) mass is 249 g/mol. The van der Waals surface area contributed by atoms with Crippen LogP contribution in [0.2, 0.25) is 0 Å². The van der Waals surface area contributed by atoms with Crippen molar-refractivity contribution in [3.8, 4) is 0 Å². The molecule has 5 heteroatoms. The summed E-state index contributed by atoms with van der Waals surface area (Å²) in [5.74, 6) is 0.361. The number of ether oxygens (including phenoxy) is 1. The topological polar surface area (TPSA) is 68.5 Å². The second kappa shape index (κ2) is 4.48. The van der Waals surface area contributed by atoms with Crippen molar-refractivity contribution >= 4 is 17.5 Å². The van der Waals surface area contributed by atoms with Crippen molar-refractivity contribution in [2.75, 3.05) is 24.3 Å². The summed E-state index contributed by atoms with van der Waals surface area (Å²) in [7, 11) is 1.35. The molecular weight excluding hydrogens is 230 g/mol. The van der Waals surface area contributed by atoms with E-state index in [-0.39, 0.29) is 5.54 Å². The molecule has 1 aromatic heterocycles. The maximum Gasteiger partial charge on any atom is 0.340 e. The van der Waals surface area contributed by atoms with Crippen LogP contribution in [0.25, 0.3) is 0 Å². The van der Waals surface area contributed by atoms with Gasteiger partial charge in [0.05, 0.1) is 24.6 Å². The molecule has 2 rings (SSSR count). The molecule has 0 unspecified atom stereocenters. The van der Waals surface area contributed by atoms with Crippen LogP contribution in [-0.4, -0.2) is 30.1 Å². The van der Waals surface area contributed by atoms with E-state index < -0.39 is 5.97 Å². The number of nitrogen functional groups attached to an aromatic ring is 1. The van der Waals surface area contributed by atoms with Gasteiger partial charge in [0.1, 0.15) is 5.82 Å². The van der Waals surface area contributed by atoms with Crippen LogP contribution in [0.1, 0.15) is 37.0 Å². The average molecular weight is 249 g/mol. The maximum atomic E-state index is 11.6. The van der Waals surface area contributed by atoms with Crippen molar-refractivity contribution in [2.24, 2.45) is 0 Å². The minimum absolute atomic E-state index is 0.0660. The Labute approximate surface area is 107 Å². The normalized spacial score (nSPS) is 17.8. The Morgan fingerprint density at radius 1 is 1.56 bits per heavy atom. The maximum absolute atomic E-state index is 11.6. The standard InChI is InChI=1S/C13H19N3O2/c1-13(2)5-4-6-16(13)11-7-9(12(17)18-3)10(14)8-15-11/h7-8H,4-6,14H2,1-3H3. The lowest BCUT2D eigenvalue weighted by Crippen LogP contribution is -2.38. The van der Waals surface area contributed by atoms with Gasteiger partial charge in [-0.3, -0.25) is 0 Å². The summed E-state index contributed by atoms with van der Waals surface area (Å²) in [6.07, 6.45) is 3.77. The number of pyridine rings is 1. The molecule has 18 heavy (non-hydrogen) atoms. The molecule has 5 nitrogen and oxygen atoms in total. The number of carbonyl (C=O) groups excluding carboxylic acids is 1. The van der Waals surface area contributed by atoms with Crippen LogP contribution in [0, 0.1) is 0 Å². The molecule has 1 fully saturated rings. The number of nitrogens with two attached hydrogens (primary N) is 1. The van der Waals surface area contributed by atoms with E-state index in [1.807, 2.05) is 0 Å². The van der Waals surface area contributed by atoms with E-state index in [9.17, 15) is 4.79 Å². The van der Waals surface area contributed by atoms with Gasteiger partial charge in [0.25, 0.3) is 0 Å². The van der Waals surface area contributed by atoms with E-state index in [1.54, 1.807) is 6.07 Å². The van der Waals surface area contributed by atoms with Crippen molar-refractivity contribution in [1.29, 1.82) is 0 Å². The van der Waals surface area contributed by atoms with E-state index in [0.29, 0.717) is 11.3 Å². The summed E-state index contributed by atoms with van der Waals surface area (Å²) in [6.45, 7) is 5.30. The van der Waals surface area contributed by atoms with Gasteiger partial charge in [-0.1, -0.05) is 0 Å². The molecule has 1 aliphatic rings. The molecular formula is C13H19N3O2. The highest BCUT2D eigenvalue weighted by Crippen LogP contribution is 2.33. The van der Waals surface area contributed by atoms with Crippen molar-refractivity contribution in [1.82, 2.24) is 4.98 Å². The second-order valence-corrected chi connectivity index (χ2v) is 5.19. The molecule has 0 amide bonds. The van der Waals surface area contributed by atoms with Crippen molar-refractivity contribution in [3.63, 3.8) is 0 Å². The predicted octanol–water partition coefficient (Wildman–Crippen LogP) is 1.83. The Balaban J connectivity index is 2.38. The van der Waals surface area contributed by atoms with Gasteiger partial charge in [0.2, 0.25) is 0 Å². The molecule has 0 spiro atoms. The third-order valence-electron chi connectivity index (χ3n) is 3.50. The summed E-state index contributed by atoms with van der Waals surface area (Å²) < 4.78 is 4.72. The first-order chi connectivity index (χ1) is 8.45. The lowest BCUT2D eigenvalue weighted by molar-refractivity contribution is 0.0602. The quantitative estimate of drug-likeness (QED) is 0.810. The second-order valence-electron chi connectivity index (χ2n) is 5.19. The fourth-order valence-corrected chi connectivity index (χ4v) is 2.42. The highest BCUT2D eigenvalue weighted by Gasteiger charge is 2.33. The number of rotatable bonds is 2. The van der Waals surface area contributed by atoms with Crippen LogP contribution in [0.4, 0.5) is 11.5 Å². The van der Waals surface area contributed by atoms with Gasteiger partial charge >= 0.3 is 5.97 Å². The summed E-state index contributed by atoms with van der Waals surface area (Å²) in [5.41, 5.74) is 6.55. The summed E-state index contributed by atoms with van der Waals surface area (Å²) in [6, 6.07) is 1.72. The van der Waals surface area contributed by atoms with Gasteiger partial charge in [0.15, 0.2) is 0 Å². The van der Waals surface area contributed by atoms with Gasteiger partial charge < -0.3 is 15.4 Å². The number of anilines is 2. The fourth-order valence-electron chi connectivity index (χ4n) is 2.42. The van der Waals surface area contributed by atoms with Crippen LogP contribution in [0.5, 0.6) is 0 Å². The van der Waals surface area contributed by atoms with Crippen LogP contribution in [0.15, 0.2) is 12.3 Å². The smallest absolute Gasteiger partial charge is 0.340 e. The molecule has 98 valence electrons.